The van der Waals surface area contributed by atoms with E-state index >= 15 is 0 Å². The molecule has 0 saturated carbocycles. The number of ketones is 1. The fraction of sp³-hybridized carbons (Fsp3) is 0.400. The fourth-order valence-corrected chi connectivity index (χ4v) is 3.25. The summed E-state index contributed by atoms with van der Waals surface area (Å²) in [4.78, 5) is 24.1. The van der Waals surface area contributed by atoms with Crippen molar-refractivity contribution in [2.45, 2.75) is 45.3 Å². The summed E-state index contributed by atoms with van der Waals surface area (Å²) in [6.07, 6.45) is 0.795. The molecule has 1 aliphatic rings. The molecule has 0 aliphatic carbocycles. The number of hydrogen-bond acceptors (Lipinski definition) is 7. The smallest absolute Gasteiger partial charge is 0.339 e. The molecule has 3 N–H and O–H groups in total. The number of benzene rings is 1. The topological polar surface area (TPSA) is 117 Å². The Morgan fingerprint density at radius 1 is 1.11 bits per heavy atom. The highest BCUT2D eigenvalue weighted by atomic mass is 16.6. The van der Waals surface area contributed by atoms with Crippen LogP contribution in [0.2, 0.25) is 0 Å². The first-order chi connectivity index (χ1) is 12.6. The summed E-state index contributed by atoms with van der Waals surface area (Å²) in [5.74, 6) is -2.13. The largest absolute Gasteiger partial charge is 0.508 e. The van der Waals surface area contributed by atoms with Gasteiger partial charge in [0, 0.05) is 12.1 Å². The number of phenols is 1. The van der Waals surface area contributed by atoms with Crippen LogP contribution in [0.5, 0.6) is 17.2 Å². The Morgan fingerprint density at radius 3 is 2.48 bits per heavy atom. The maximum absolute atomic E-state index is 12.7. The first-order valence-corrected chi connectivity index (χ1v) is 8.79. The Labute approximate surface area is 155 Å². The standard InChI is InChI=1S/C20H22O7/c1-11(2)3-4-12-5-13(21)7-17-19(12)16(23)10-20(25,27-17)9-15-6-14(22)8-18(24)26-15/h5-8,11,21-22,25H,3-4,9-10H2,1-2H3. The number of Topliss-reactive ketones (excluding diaryl/α,β-unsaturated/α-hetero) is 1. The second-order valence-corrected chi connectivity index (χ2v) is 7.34. The van der Waals surface area contributed by atoms with Crippen LogP contribution in [-0.4, -0.2) is 26.9 Å². The van der Waals surface area contributed by atoms with Gasteiger partial charge in [-0.05, 0) is 30.4 Å². The zero-order chi connectivity index (χ0) is 19.8. The number of phenolic OH excluding ortho intramolecular Hbond substituents is 1. The Hall–Kier alpha value is -2.80. The van der Waals surface area contributed by atoms with Gasteiger partial charge in [-0.25, -0.2) is 4.79 Å². The normalized spacial score (nSPS) is 19.0. The monoisotopic (exact) mass is 374 g/mol. The molecule has 27 heavy (non-hydrogen) atoms. The van der Waals surface area contributed by atoms with Gasteiger partial charge in [0.25, 0.3) is 0 Å². The van der Waals surface area contributed by atoms with E-state index in [0.29, 0.717) is 23.5 Å². The molecule has 144 valence electrons. The van der Waals surface area contributed by atoms with Gasteiger partial charge in [0.05, 0.1) is 24.5 Å². The Bertz CT molecular complexity index is 928. The molecule has 0 spiro atoms. The summed E-state index contributed by atoms with van der Waals surface area (Å²) in [6.45, 7) is 4.13. The zero-order valence-corrected chi connectivity index (χ0v) is 15.2. The third kappa shape index (κ3) is 4.31. The molecular formula is C20H22O7. The molecule has 2 heterocycles. The molecular weight excluding hydrogens is 352 g/mol. The van der Waals surface area contributed by atoms with Crippen LogP contribution in [-0.2, 0) is 12.8 Å². The van der Waals surface area contributed by atoms with Crippen LogP contribution in [0, 0.1) is 5.92 Å². The average molecular weight is 374 g/mol. The minimum Gasteiger partial charge on any atom is -0.508 e. The number of aliphatic hydroxyl groups is 1. The number of ether oxygens (including phenoxy) is 1. The molecule has 1 unspecified atom stereocenters. The van der Waals surface area contributed by atoms with Crippen molar-refractivity contribution in [2.75, 3.05) is 0 Å². The van der Waals surface area contributed by atoms with E-state index in [-0.39, 0.29) is 41.6 Å². The van der Waals surface area contributed by atoms with Crippen molar-refractivity contribution >= 4 is 5.78 Å². The third-order valence-corrected chi connectivity index (χ3v) is 4.43. The quantitative estimate of drug-likeness (QED) is 0.736. The van der Waals surface area contributed by atoms with E-state index in [9.17, 15) is 24.9 Å². The van der Waals surface area contributed by atoms with Crippen molar-refractivity contribution in [2.24, 2.45) is 5.92 Å². The van der Waals surface area contributed by atoms with E-state index in [2.05, 4.69) is 13.8 Å². The van der Waals surface area contributed by atoms with Crippen molar-refractivity contribution in [1.82, 2.24) is 0 Å². The highest BCUT2D eigenvalue weighted by molar-refractivity contribution is 6.01. The number of aryl methyl sites for hydroxylation is 1. The van der Waals surface area contributed by atoms with Gasteiger partial charge in [-0.15, -0.1) is 0 Å². The molecule has 2 aromatic rings. The molecule has 0 bridgehead atoms. The Morgan fingerprint density at radius 2 is 1.81 bits per heavy atom. The maximum Gasteiger partial charge on any atom is 0.339 e. The van der Waals surface area contributed by atoms with E-state index < -0.39 is 11.4 Å². The molecule has 0 amide bonds. The van der Waals surface area contributed by atoms with Crippen molar-refractivity contribution in [3.05, 3.63) is 51.6 Å². The summed E-state index contributed by atoms with van der Waals surface area (Å²) < 4.78 is 10.6. The highest BCUT2D eigenvalue weighted by Gasteiger charge is 2.41. The van der Waals surface area contributed by atoms with E-state index in [1.807, 2.05) is 0 Å². The average Bonchev–Trinajstić information content (AvgIpc) is 2.49. The van der Waals surface area contributed by atoms with Gasteiger partial charge < -0.3 is 24.5 Å². The molecule has 1 aromatic heterocycles. The lowest BCUT2D eigenvalue weighted by Crippen LogP contribution is -2.44. The molecule has 1 aliphatic heterocycles. The summed E-state index contributed by atoms with van der Waals surface area (Å²) in [6, 6.07) is 4.91. The van der Waals surface area contributed by atoms with Gasteiger partial charge >= 0.3 is 5.63 Å². The van der Waals surface area contributed by atoms with Gasteiger partial charge in [0.2, 0.25) is 5.79 Å². The number of fused-ring (bicyclic) bond motifs is 1. The van der Waals surface area contributed by atoms with E-state index in [1.54, 1.807) is 6.07 Å². The lowest BCUT2D eigenvalue weighted by molar-refractivity contribution is -0.140. The first-order valence-electron chi connectivity index (χ1n) is 8.79. The second-order valence-electron chi connectivity index (χ2n) is 7.34. The van der Waals surface area contributed by atoms with Crippen LogP contribution < -0.4 is 10.4 Å². The maximum atomic E-state index is 12.7. The SMILES string of the molecule is CC(C)CCc1cc(O)cc2c1C(=O)CC(O)(Cc1cc(O)cc(=O)o1)O2. The second kappa shape index (κ2) is 7.08. The summed E-state index contributed by atoms with van der Waals surface area (Å²) >= 11 is 0. The Balaban J connectivity index is 1.93. The lowest BCUT2D eigenvalue weighted by Gasteiger charge is -2.33. The number of carbonyl (C=O) groups is 1. The predicted molar refractivity (Wildman–Crippen MR) is 96.1 cm³/mol. The van der Waals surface area contributed by atoms with Gasteiger partial charge in [-0.2, -0.15) is 0 Å². The molecule has 1 aromatic carbocycles. The van der Waals surface area contributed by atoms with Crippen LogP contribution in [0.15, 0.2) is 33.5 Å². The van der Waals surface area contributed by atoms with Crippen LogP contribution in [0.4, 0.5) is 0 Å². The number of rotatable bonds is 5. The molecule has 7 heteroatoms. The molecule has 1 atom stereocenters. The minimum absolute atomic E-state index is 0.0149. The van der Waals surface area contributed by atoms with Gasteiger partial charge in [0.1, 0.15) is 23.0 Å². The van der Waals surface area contributed by atoms with E-state index in [1.165, 1.54) is 12.1 Å². The number of hydrogen-bond donors (Lipinski definition) is 3. The van der Waals surface area contributed by atoms with E-state index in [4.69, 9.17) is 9.15 Å². The van der Waals surface area contributed by atoms with Crippen molar-refractivity contribution in [3.63, 3.8) is 0 Å². The van der Waals surface area contributed by atoms with Gasteiger partial charge in [0.15, 0.2) is 5.78 Å². The molecule has 0 saturated heterocycles. The van der Waals surface area contributed by atoms with E-state index in [0.717, 1.165) is 12.5 Å². The van der Waals surface area contributed by atoms with Crippen LogP contribution in [0.1, 0.15) is 48.4 Å². The number of carbonyl (C=O) groups excluding carboxylic acids is 1. The molecule has 3 rings (SSSR count). The summed E-state index contributed by atoms with van der Waals surface area (Å²) in [5.41, 5.74) is 0.259. The summed E-state index contributed by atoms with van der Waals surface area (Å²) in [5, 5.41) is 30.3. The third-order valence-electron chi connectivity index (χ3n) is 4.43. The zero-order valence-electron chi connectivity index (χ0n) is 15.2. The molecule has 0 fully saturated rings. The fourth-order valence-electron chi connectivity index (χ4n) is 3.25. The number of aromatic hydroxyl groups is 2. The van der Waals surface area contributed by atoms with Gasteiger partial charge in [-0.1, -0.05) is 13.8 Å². The van der Waals surface area contributed by atoms with Crippen molar-refractivity contribution in [3.8, 4) is 17.2 Å². The first kappa shape index (κ1) is 19.0. The summed E-state index contributed by atoms with van der Waals surface area (Å²) in [7, 11) is 0. The van der Waals surface area contributed by atoms with Crippen LogP contribution in [0.25, 0.3) is 0 Å². The van der Waals surface area contributed by atoms with Crippen LogP contribution >= 0.6 is 0 Å². The molecule has 0 radical (unpaired) electrons. The highest BCUT2D eigenvalue weighted by Crippen LogP contribution is 2.39. The van der Waals surface area contributed by atoms with Crippen molar-refractivity contribution < 1.29 is 29.3 Å². The minimum atomic E-state index is -1.95. The predicted octanol–water partition coefficient (Wildman–Crippen LogP) is 2.54. The van der Waals surface area contributed by atoms with Crippen LogP contribution in [0.3, 0.4) is 0 Å². The molecule has 7 nitrogen and oxygen atoms in total. The van der Waals surface area contributed by atoms with Crippen molar-refractivity contribution in [1.29, 1.82) is 0 Å². The Kier molecular flexibility index (Phi) is 4.97. The lowest BCUT2D eigenvalue weighted by atomic mass is 9.89. The van der Waals surface area contributed by atoms with Gasteiger partial charge in [-0.3, -0.25) is 4.79 Å².